The molecule has 0 aromatic heterocycles. The Morgan fingerprint density at radius 3 is 2.59 bits per heavy atom. The summed E-state index contributed by atoms with van der Waals surface area (Å²) in [6.45, 7) is 6.71. The second-order valence-corrected chi connectivity index (χ2v) is 7.53. The zero-order valence-electron chi connectivity index (χ0n) is 16.2. The van der Waals surface area contributed by atoms with Gasteiger partial charge in [-0.15, -0.1) is 24.8 Å². The van der Waals surface area contributed by atoms with Crippen LogP contribution in [0.2, 0.25) is 0 Å². The predicted octanol–water partition coefficient (Wildman–Crippen LogP) is 4.82. The molecule has 0 bridgehead atoms. The zero-order chi connectivity index (χ0) is 18.9. The van der Waals surface area contributed by atoms with Gasteiger partial charge < -0.3 is 14.8 Å². The van der Waals surface area contributed by atoms with Gasteiger partial charge in [0.05, 0.1) is 13.2 Å². The highest BCUT2D eigenvalue weighted by molar-refractivity contribution is 9.10. The molecule has 29 heavy (non-hydrogen) atoms. The average Bonchev–Trinajstić information content (AvgIpc) is 2.69. The zero-order valence-corrected chi connectivity index (χ0v) is 19.5. The lowest BCUT2D eigenvalue weighted by molar-refractivity contribution is 0.0374. The topological polar surface area (TPSA) is 33.7 Å². The first-order valence-corrected chi connectivity index (χ1v) is 10.2. The van der Waals surface area contributed by atoms with Gasteiger partial charge in [0.1, 0.15) is 18.2 Å². The first kappa shape index (κ1) is 26.1. The molecule has 1 fully saturated rings. The largest absolute Gasteiger partial charge is 0.488 e. The van der Waals surface area contributed by atoms with Gasteiger partial charge in [0.25, 0.3) is 0 Å². The summed E-state index contributed by atoms with van der Waals surface area (Å²) in [5.74, 6) is 0.541. The summed E-state index contributed by atoms with van der Waals surface area (Å²) in [5, 5.41) is 3.49. The molecular weight excluding hydrogens is 482 g/mol. The quantitative estimate of drug-likeness (QED) is 0.491. The van der Waals surface area contributed by atoms with E-state index in [1.165, 1.54) is 6.07 Å². The van der Waals surface area contributed by atoms with Crippen LogP contribution in [0.3, 0.4) is 0 Å². The monoisotopic (exact) mass is 508 g/mol. The Bertz CT molecular complexity index is 734. The van der Waals surface area contributed by atoms with Crippen molar-refractivity contribution in [3.8, 4) is 5.75 Å². The van der Waals surface area contributed by atoms with E-state index in [1.807, 2.05) is 24.3 Å². The fourth-order valence-electron chi connectivity index (χ4n) is 3.07. The van der Waals surface area contributed by atoms with Crippen molar-refractivity contribution in [3.05, 3.63) is 63.9 Å². The van der Waals surface area contributed by atoms with E-state index >= 15 is 0 Å². The van der Waals surface area contributed by atoms with Gasteiger partial charge in [-0.2, -0.15) is 0 Å². The maximum absolute atomic E-state index is 13.8. The van der Waals surface area contributed by atoms with Crippen molar-refractivity contribution in [2.24, 2.45) is 0 Å². The Labute approximate surface area is 193 Å². The molecule has 2 aromatic rings. The van der Waals surface area contributed by atoms with Crippen molar-refractivity contribution in [2.75, 3.05) is 39.4 Å². The Morgan fingerprint density at radius 2 is 1.83 bits per heavy atom. The van der Waals surface area contributed by atoms with Crippen LogP contribution in [0, 0.1) is 5.82 Å². The van der Waals surface area contributed by atoms with Crippen LogP contribution >= 0.6 is 40.7 Å². The third kappa shape index (κ3) is 8.79. The molecule has 0 amide bonds. The summed E-state index contributed by atoms with van der Waals surface area (Å²) in [6.07, 6.45) is 1.10. The van der Waals surface area contributed by atoms with Crippen molar-refractivity contribution in [1.82, 2.24) is 10.2 Å². The van der Waals surface area contributed by atoms with E-state index in [2.05, 4.69) is 26.1 Å². The van der Waals surface area contributed by atoms with E-state index in [0.717, 1.165) is 68.1 Å². The van der Waals surface area contributed by atoms with Crippen molar-refractivity contribution in [1.29, 1.82) is 0 Å². The minimum absolute atomic E-state index is 0. The van der Waals surface area contributed by atoms with E-state index in [9.17, 15) is 4.39 Å². The number of hydrogen-bond acceptors (Lipinski definition) is 4. The SMILES string of the molecule is Cl.Cl.Fc1ccccc1COc1ccc(Br)cc1CNCCCN1CCOCC1. The van der Waals surface area contributed by atoms with Crippen molar-refractivity contribution < 1.29 is 13.9 Å². The van der Waals surface area contributed by atoms with E-state index in [0.29, 0.717) is 5.56 Å². The van der Waals surface area contributed by atoms with Gasteiger partial charge in [-0.1, -0.05) is 34.1 Å². The van der Waals surface area contributed by atoms with Crippen molar-refractivity contribution in [3.63, 3.8) is 0 Å². The standard InChI is InChI=1S/C21H26BrFN2O2.2ClH/c22-19-6-7-21(27-16-17-4-1-2-5-20(17)23)18(14-19)15-24-8-3-9-25-10-12-26-13-11-25;;/h1-2,4-7,14,24H,3,8-13,15-16H2;2*1H. The van der Waals surface area contributed by atoms with Crippen LogP contribution in [0.4, 0.5) is 4.39 Å². The fourth-order valence-corrected chi connectivity index (χ4v) is 3.48. The first-order valence-electron chi connectivity index (χ1n) is 9.38. The summed E-state index contributed by atoms with van der Waals surface area (Å²) >= 11 is 3.52. The highest BCUT2D eigenvalue weighted by Crippen LogP contribution is 2.24. The molecule has 1 saturated heterocycles. The molecule has 1 N–H and O–H groups in total. The van der Waals surface area contributed by atoms with Crippen LogP contribution < -0.4 is 10.1 Å². The van der Waals surface area contributed by atoms with Gasteiger partial charge in [0, 0.05) is 35.2 Å². The summed E-state index contributed by atoms with van der Waals surface area (Å²) in [5.41, 5.74) is 1.62. The number of ether oxygens (including phenoxy) is 2. The second-order valence-electron chi connectivity index (χ2n) is 6.62. The number of benzene rings is 2. The van der Waals surface area contributed by atoms with E-state index in [-0.39, 0.29) is 37.2 Å². The molecule has 2 aromatic carbocycles. The molecule has 1 aliphatic rings. The van der Waals surface area contributed by atoms with Gasteiger partial charge in [-0.3, -0.25) is 4.90 Å². The molecule has 0 spiro atoms. The van der Waals surface area contributed by atoms with E-state index in [1.54, 1.807) is 12.1 Å². The minimum Gasteiger partial charge on any atom is -0.488 e. The smallest absolute Gasteiger partial charge is 0.129 e. The number of nitrogens with one attached hydrogen (secondary N) is 1. The predicted molar refractivity (Wildman–Crippen MR) is 123 cm³/mol. The molecule has 4 nitrogen and oxygen atoms in total. The molecule has 1 aliphatic heterocycles. The third-order valence-corrected chi connectivity index (χ3v) is 5.10. The maximum Gasteiger partial charge on any atom is 0.129 e. The number of halogens is 4. The molecule has 0 unspecified atom stereocenters. The van der Waals surface area contributed by atoms with Gasteiger partial charge in [0.15, 0.2) is 0 Å². The van der Waals surface area contributed by atoms with Crippen molar-refractivity contribution >= 4 is 40.7 Å². The number of rotatable bonds is 9. The lowest BCUT2D eigenvalue weighted by Gasteiger charge is -2.26. The molecular formula is C21H28BrCl2FN2O2. The Balaban J connectivity index is 0.00000210. The van der Waals surface area contributed by atoms with Crippen LogP contribution in [0.25, 0.3) is 0 Å². The van der Waals surface area contributed by atoms with Gasteiger partial charge in [0.2, 0.25) is 0 Å². The van der Waals surface area contributed by atoms with Crippen molar-refractivity contribution in [2.45, 2.75) is 19.6 Å². The van der Waals surface area contributed by atoms with Crippen LogP contribution in [0.15, 0.2) is 46.9 Å². The molecule has 0 saturated carbocycles. The lowest BCUT2D eigenvalue weighted by Crippen LogP contribution is -2.37. The molecule has 1 heterocycles. The molecule has 8 heteroatoms. The summed E-state index contributed by atoms with van der Waals surface area (Å²) < 4.78 is 26.1. The number of morpholine rings is 1. The van der Waals surface area contributed by atoms with Gasteiger partial charge in [-0.05, 0) is 43.8 Å². The summed E-state index contributed by atoms with van der Waals surface area (Å²) in [4.78, 5) is 2.44. The van der Waals surface area contributed by atoms with Crippen LogP contribution in [0.5, 0.6) is 5.75 Å². The van der Waals surface area contributed by atoms with Crippen LogP contribution in [-0.4, -0.2) is 44.3 Å². The number of hydrogen-bond donors (Lipinski definition) is 1. The Morgan fingerprint density at radius 1 is 1.07 bits per heavy atom. The minimum atomic E-state index is -0.239. The van der Waals surface area contributed by atoms with Gasteiger partial charge >= 0.3 is 0 Å². The first-order chi connectivity index (χ1) is 13.2. The second kappa shape index (κ2) is 14.2. The van der Waals surface area contributed by atoms with E-state index in [4.69, 9.17) is 9.47 Å². The molecule has 0 atom stereocenters. The maximum atomic E-state index is 13.8. The molecule has 162 valence electrons. The highest BCUT2D eigenvalue weighted by Gasteiger charge is 2.10. The molecule has 0 aliphatic carbocycles. The van der Waals surface area contributed by atoms with E-state index < -0.39 is 0 Å². The summed E-state index contributed by atoms with van der Waals surface area (Å²) in [7, 11) is 0. The Hall–Kier alpha value is -0.890. The number of nitrogens with zero attached hydrogens (tertiary/aromatic N) is 1. The molecule has 3 rings (SSSR count). The Kier molecular flexibility index (Phi) is 12.8. The third-order valence-electron chi connectivity index (χ3n) is 4.61. The fraction of sp³-hybridized carbons (Fsp3) is 0.429. The van der Waals surface area contributed by atoms with Crippen LogP contribution in [-0.2, 0) is 17.9 Å². The normalized spacial score (nSPS) is 14.0. The lowest BCUT2D eigenvalue weighted by atomic mass is 10.2. The highest BCUT2D eigenvalue weighted by atomic mass is 79.9. The summed E-state index contributed by atoms with van der Waals surface area (Å²) in [6, 6.07) is 12.6. The average molecular weight is 510 g/mol. The molecule has 0 radical (unpaired) electrons. The van der Waals surface area contributed by atoms with Gasteiger partial charge in [-0.25, -0.2) is 4.39 Å². The van der Waals surface area contributed by atoms with Crippen LogP contribution in [0.1, 0.15) is 17.5 Å².